The predicted octanol–water partition coefficient (Wildman–Crippen LogP) is 0.723. The largest absolute Gasteiger partial charge is 0.298 e. The molecule has 0 radical (unpaired) electrons. The molecule has 0 amide bonds. The number of rotatable bonds is 4. The van der Waals surface area contributed by atoms with Gasteiger partial charge in [-0.2, -0.15) is 4.31 Å². The van der Waals surface area contributed by atoms with Gasteiger partial charge in [0.25, 0.3) is 0 Å². The second-order valence-electron chi connectivity index (χ2n) is 4.68. The number of alkyl halides is 1. The molecule has 2 rings (SSSR count). The fraction of sp³-hybridized carbons (Fsp3) is 1.00. The van der Waals surface area contributed by atoms with E-state index in [4.69, 9.17) is 11.6 Å². The van der Waals surface area contributed by atoms with Gasteiger partial charge in [-0.3, -0.25) is 4.90 Å². The molecule has 0 bridgehead atoms. The highest BCUT2D eigenvalue weighted by Gasteiger charge is 2.35. The SMILES string of the molecule is CC(CCl)S(=O)(=O)N1CCN(C2CC2)CC1. The molecule has 4 nitrogen and oxygen atoms in total. The molecule has 2 aliphatic rings. The number of sulfonamides is 1. The lowest BCUT2D eigenvalue weighted by atomic mass is 10.3. The molecular weight excluding hydrogens is 248 g/mol. The van der Waals surface area contributed by atoms with Gasteiger partial charge in [-0.1, -0.05) is 0 Å². The maximum Gasteiger partial charge on any atom is 0.217 e. The van der Waals surface area contributed by atoms with E-state index in [2.05, 4.69) is 4.90 Å². The van der Waals surface area contributed by atoms with Crippen LogP contribution in [0.1, 0.15) is 19.8 Å². The molecule has 16 heavy (non-hydrogen) atoms. The maximum atomic E-state index is 12.0. The van der Waals surface area contributed by atoms with E-state index in [0.717, 1.165) is 19.1 Å². The summed E-state index contributed by atoms with van der Waals surface area (Å²) in [5.74, 6) is 0.172. The molecule has 1 saturated heterocycles. The lowest BCUT2D eigenvalue weighted by molar-refractivity contribution is 0.180. The molecular formula is C10H19ClN2O2S. The third-order valence-electron chi connectivity index (χ3n) is 3.42. The fourth-order valence-corrected chi connectivity index (χ4v) is 3.92. The Labute approximate surface area is 103 Å². The highest BCUT2D eigenvalue weighted by molar-refractivity contribution is 7.89. The first-order valence-electron chi connectivity index (χ1n) is 5.84. The van der Waals surface area contributed by atoms with Crippen molar-refractivity contribution in [2.75, 3.05) is 32.1 Å². The zero-order valence-electron chi connectivity index (χ0n) is 9.60. The van der Waals surface area contributed by atoms with Gasteiger partial charge in [-0.25, -0.2) is 8.42 Å². The lowest BCUT2D eigenvalue weighted by Crippen LogP contribution is -2.51. The molecule has 0 spiro atoms. The second-order valence-corrected chi connectivity index (χ2v) is 7.34. The minimum Gasteiger partial charge on any atom is -0.298 e. The number of halogens is 1. The fourth-order valence-electron chi connectivity index (χ4n) is 2.10. The van der Waals surface area contributed by atoms with E-state index < -0.39 is 15.3 Å². The molecule has 0 aromatic carbocycles. The number of piperazine rings is 1. The molecule has 0 aromatic heterocycles. The number of hydrogen-bond acceptors (Lipinski definition) is 3. The Morgan fingerprint density at radius 1 is 1.25 bits per heavy atom. The Hall–Kier alpha value is 0.160. The van der Waals surface area contributed by atoms with E-state index in [1.165, 1.54) is 12.8 Å². The summed E-state index contributed by atoms with van der Waals surface area (Å²) in [6.45, 7) is 4.67. The summed E-state index contributed by atoms with van der Waals surface area (Å²) in [6.07, 6.45) is 2.57. The summed E-state index contributed by atoms with van der Waals surface area (Å²) in [6, 6.07) is 0.732. The first kappa shape index (κ1) is 12.6. The van der Waals surface area contributed by atoms with Crippen LogP contribution in [0.2, 0.25) is 0 Å². The highest BCUT2D eigenvalue weighted by atomic mass is 35.5. The maximum absolute atomic E-state index is 12.0. The summed E-state index contributed by atoms with van der Waals surface area (Å²) in [4.78, 5) is 2.40. The molecule has 6 heteroatoms. The third-order valence-corrected chi connectivity index (χ3v) is 6.34. The van der Waals surface area contributed by atoms with Gasteiger partial charge in [0.2, 0.25) is 10.0 Å². The van der Waals surface area contributed by atoms with Crippen LogP contribution in [-0.2, 0) is 10.0 Å². The summed E-state index contributed by atoms with van der Waals surface area (Å²) in [7, 11) is -3.17. The van der Waals surface area contributed by atoms with E-state index in [-0.39, 0.29) is 5.88 Å². The molecule has 1 aliphatic carbocycles. The van der Waals surface area contributed by atoms with Crippen molar-refractivity contribution in [3.8, 4) is 0 Å². The van der Waals surface area contributed by atoms with Crippen LogP contribution in [0.5, 0.6) is 0 Å². The van der Waals surface area contributed by atoms with E-state index in [0.29, 0.717) is 13.1 Å². The van der Waals surface area contributed by atoms with E-state index >= 15 is 0 Å². The van der Waals surface area contributed by atoms with Crippen molar-refractivity contribution in [1.29, 1.82) is 0 Å². The van der Waals surface area contributed by atoms with Crippen molar-refractivity contribution < 1.29 is 8.42 Å². The highest BCUT2D eigenvalue weighted by Crippen LogP contribution is 2.28. The van der Waals surface area contributed by atoms with Crippen molar-refractivity contribution in [2.24, 2.45) is 0 Å². The van der Waals surface area contributed by atoms with Crippen molar-refractivity contribution in [1.82, 2.24) is 9.21 Å². The zero-order valence-corrected chi connectivity index (χ0v) is 11.2. The second kappa shape index (κ2) is 4.80. The third kappa shape index (κ3) is 2.53. The molecule has 1 unspecified atom stereocenters. The molecule has 0 aromatic rings. The molecule has 0 N–H and O–H groups in total. The Bertz CT molecular complexity index is 335. The van der Waals surface area contributed by atoms with E-state index in [1.807, 2.05) is 0 Å². The van der Waals surface area contributed by atoms with Crippen LogP contribution in [0, 0.1) is 0 Å². The van der Waals surface area contributed by atoms with Gasteiger partial charge in [0.05, 0.1) is 5.25 Å². The van der Waals surface area contributed by atoms with E-state index in [9.17, 15) is 8.42 Å². The Morgan fingerprint density at radius 3 is 2.25 bits per heavy atom. The number of nitrogens with zero attached hydrogens (tertiary/aromatic N) is 2. The molecule has 1 saturated carbocycles. The van der Waals surface area contributed by atoms with Gasteiger partial charge in [-0.05, 0) is 19.8 Å². The van der Waals surface area contributed by atoms with Crippen LogP contribution in [0.15, 0.2) is 0 Å². The molecule has 94 valence electrons. The Morgan fingerprint density at radius 2 is 1.81 bits per heavy atom. The van der Waals surface area contributed by atoms with Crippen LogP contribution >= 0.6 is 11.6 Å². The zero-order chi connectivity index (χ0) is 11.8. The summed E-state index contributed by atoms with van der Waals surface area (Å²) < 4.78 is 25.7. The quantitative estimate of drug-likeness (QED) is 0.705. The monoisotopic (exact) mass is 266 g/mol. The standard InChI is InChI=1S/C10H19ClN2O2S/c1-9(8-11)16(14,15)13-6-4-12(5-7-13)10-2-3-10/h9-10H,2-8H2,1H3. The van der Waals surface area contributed by atoms with Crippen molar-refractivity contribution >= 4 is 21.6 Å². The van der Waals surface area contributed by atoms with Gasteiger partial charge in [0.1, 0.15) is 0 Å². The number of hydrogen-bond donors (Lipinski definition) is 0. The Kier molecular flexibility index (Phi) is 3.79. The van der Waals surface area contributed by atoms with Gasteiger partial charge >= 0.3 is 0 Å². The average Bonchev–Trinajstić information content (AvgIpc) is 3.12. The Balaban J connectivity index is 1.92. The molecule has 1 aliphatic heterocycles. The van der Waals surface area contributed by atoms with Gasteiger partial charge in [0.15, 0.2) is 0 Å². The van der Waals surface area contributed by atoms with Crippen LogP contribution in [0.25, 0.3) is 0 Å². The van der Waals surface area contributed by atoms with Crippen LogP contribution < -0.4 is 0 Å². The van der Waals surface area contributed by atoms with Crippen molar-refractivity contribution in [2.45, 2.75) is 31.1 Å². The normalized spacial score (nSPS) is 26.9. The topological polar surface area (TPSA) is 40.6 Å². The minimum absolute atomic E-state index is 0.172. The van der Waals surface area contributed by atoms with Crippen molar-refractivity contribution in [3.05, 3.63) is 0 Å². The molecule has 1 atom stereocenters. The van der Waals surface area contributed by atoms with Crippen molar-refractivity contribution in [3.63, 3.8) is 0 Å². The lowest BCUT2D eigenvalue weighted by Gasteiger charge is -2.35. The first-order chi connectivity index (χ1) is 7.55. The van der Waals surface area contributed by atoms with Gasteiger partial charge < -0.3 is 0 Å². The van der Waals surface area contributed by atoms with Gasteiger partial charge in [-0.15, -0.1) is 11.6 Å². The van der Waals surface area contributed by atoms with Gasteiger partial charge in [0, 0.05) is 38.1 Å². The van der Waals surface area contributed by atoms with Crippen LogP contribution in [-0.4, -0.2) is 61.0 Å². The van der Waals surface area contributed by atoms with E-state index in [1.54, 1.807) is 11.2 Å². The first-order valence-corrected chi connectivity index (χ1v) is 7.88. The summed E-state index contributed by atoms with van der Waals surface area (Å²) in [5.41, 5.74) is 0. The molecule has 1 heterocycles. The smallest absolute Gasteiger partial charge is 0.217 e. The predicted molar refractivity (Wildman–Crippen MR) is 65.3 cm³/mol. The minimum atomic E-state index is -3.17. The summed E-state index contributed by atoms with van der Waals surface area (Å²) in [5, 5.41) is -0.471. The molecule has 2 fully saturated rings. The van der Waals surface area contributed by atoms with Crippen LogP contribution in [0.4, 0.5) is 0 Å². The average molecular weight is 267 g/mol. The van der Waals surface area contributed by atoms with Crippen LogP contribution in [0.3, 0.4) is 0 Å². The summed E-state index contributed by atoms with van der Waals surface area (Å²) >= 11 is 5.63.